The van der Waals surface area contributed by atoms with E-state index in [4.69, 9.17) is 0 Å². The molecule has 0 bridgehead atoms. The van der Waals surface area contributed by atoms with Gasteiger partial charge in [-0.1, -0.05) is 36.4 Å². The highest BCUT2D eigenvalue weighted by Crippen LogP contribution is 2.17. The minimum atomic E-state index is -0.00985. The number of urea groups is 1. The first-order valence-corrected chi connectivity index (χ1v) is 7.74. The summed E-state index contributed by atoms with van der Waals surface area (Å²) in [5.41, 5.74) is 1.99. The van der Waals surface area contributed by atoms with Crippen molar-refractivity contribution in [2.45, 2.75) is 18.9 Å². The number of hydrogen-bond donors (Lipinski definition) is 2. The van der Waals surface area contributed by atoms with Gasteiger partial charge in [0.05, 0.1) is 0 Å². The Morgan fingerprint density at radius 1 is 0.864 bits per heavy atom. The van der Waals surface area contributed by atoms with Crippen LogP contribution in [0.2, 0.25) is 0 Å². The van der Waals surface area contributed by atoms with Gasteiger partial charge in [-0.15, -0.1) is 0 Å². The molecule has 22 heavy (non-hydrogen) atoms. The molecule has 2 aromatic rings. The highest BCUT2D eigenvalue weighted by Gasteiger charge is 2.22. The number of carbonyl (C=O) groups excluding carboxylic acids is 1. The van der Waals surface area contributed by atoms with Gasteiger partial charge in [0, 0.05) is 30.5 Å². The van der Waals surface area contributed by atoms with E-state index in [1.807, 2.05) is 53.4 Å². The largest absolute Gasteiger partial charge is 0.382 e. The number of carbonyl (C=O) groups is 1. The van der Waals surface area contributed by atoms with E-state index in [2.05, 4.69) is 22.8 Å². The fraction of sp³-hybridized carbons (Fsp3) is 0.278. The molecule has 0 aromatic heterocycles. The van der Waals surface area contributed by atoms with Gasteiger partial charge >= 0.3 is 6.03 Å². The number of benzene rings is 2. The number of para-hydroxylation sites is 2. The first kappa shape index (κ1) is 14.4. The van der Waals surface area contributed by atoms with Crippen molar-refractivity contribution < 1.29 is 4.79 Å². The highest BCUT2D eigenvalue weighted by molar-refractivity contribution is 5.89. The molecule has 114 valence electrons. The quantitative estimate of drug-likeness (QED) is 0.904. The Morgan fingerprint density at radius 3 is 2.00 bits per heavy atom. The molecule has 1 heterocycles. The third kappa shape index (κ3) is 3.79. The molecule has 1 saturated heterocycles. The van der Waals surface area contributed by atoms with Crippen LogP contribution in [0, 0.1) is 0 Å². The molecule has 0 spiro atoms. The number of nitrogens with zero attached hydrogens (tertiary/aromatic N) is 1. The molecule has 2 aromatic carbocycles. The molecule has 0 radical (unpaired) electrons. The molecule has 1 fully saturated rings. The van der Waals surface area contributed by atoms with Crippen molar-refractivity contribution in [3.63, 3.8) is 0 Å². The smallest absolute Gasteiger partial charge is 0.321 e. The second kappa shape index (κ2) is 6.98. The minimum Gasteiger partial charge on any atom is -0.382 e. The Hall–Kier alpha value is -2.49. The zero-order valence-corrected chi connectivity index (χ0v) is 12.5. The van der Waals surface area contributed by atoms with E-state index >= 15 is 0 Å². The van der Waals surface area contributed by atoms with Gasteiger partial charge in [-0.2, -0.15) is 0 Å². The Labute approximate surface area is 131 Å². The van der Waals surface area contributed by atoms with E-state index in [0.29, 0.717) is 6.04 Å². The topological polar surface area (TPSA) is 44.4 Å². The lowest BCUT2D eigenvalue weighted by molar-refractivity contribution is 0.197. The van der Waals surface area contributed by atoms with Crippen molar-refractivity contribution in [3.8, 4) is 0 Å². The second-order valence-electron chi connectivity index (χ2n) is 5.57. The molecule has 2 amide bonds. The van der Waals surface area contributed by atoms with Crippen molar-refractivity contribution >= 4 is 17.4 Å². The van der Waals surface area contributed by atoms with Crippen LogP contribution >= 0.6 is 0 Å². The number of anilines is 2. The van der Waals surface area contributed by atoms with Gasteiger partial charge in [-0.05, 0) is 37.1 Å². The van der Waals surface area contributed by atoms with Crippen molar-refractivity contribution in [2.75, 3.05) is 23.7 Å². The maximum atomic E-state index is 12.2. The zero-order chi connectivity index (χ0) is 15.2. The number of amides is 2. The molecule has 3 rings (SSSR count). The van der Waals surface area contributed by atoms with Crippen LogP contribution in [0.15, 0.2) is 60.7 Å². The minimum absolute atomic E-state index is 0.00985. The van der Waals surface area contributed by atoms with E-state index < -0.39 is 0 Å². The maximum Gasteiger partial charge on any atom is 0.321 e. The summed E-state index contributed by atoms with van der Waals surface area (Å²) in [5, 5.41) is 6.47. The number of rotatable bonds is 3. The summed E-state index contributed by atoms with van der Waals surface area (Å²) in [6, 6.07) is 20.3. The molecular weight excluding hydrogens is 274 g/mol. The van der Waals surface area contributed by atoms with Crippen molar-refractivity contribution in [2.24, 2.45) is 0 Å². The summed E-state index contributed by atoms with van der Waals surface area (Å²) < 4.78 is 0. The van der Waals surface area contributed by atoms with Gasteiger partial charge in [-0.25, -0.2) is 4.79 Å². The van der Waals surface area contributed by atoms with E-state index in [0.717, 1.165) is 37.3 Å². The van der Waals surface area contributed by atoms with E-state index in [9.17, 15) is 4.79 Å². The maximum absolute atomic E-state index is 12.2. The fourth-order valence-electron chi connectivity index (χ4n) is 2.72. The Morgan fingerprint density at radius 2 is 1.41 bits per heavy atom. The second-order valence-corrected chi connectivity index (χ2v) is 5.57. The Kier molecular flexibility index (Phi) is 4.59. The van der Waals surface area contributed by atoms with E-state index in [1.165, 1.54) is 0 Å². The highest BCUT2D eigenvalue weighted by atomic mass is 16.2. The zero-order valence-electron chi connectivity index (χ0n) is 12.5. The monoisotopic (exact) mass is 295 g/mol. The normalized spacial score (nSPS) is 15.4. The predicted octanol–water partition coefficient (Wildman–Crippen LogP) is 3.80. The standard InChI is InChI=1S/C18H21N3O/c22-18(20-16-9-5-2-6-10-16)21-13-11-17(12-14-21)19-15-7-3-1-4-8-15/h1-10,17,19H,11-14H2,(H,20,22). The average molecular weight is 295 g/mol. The van der Waals surface area contributed by atoms with E-state index in [-0.39, 0.29) is 6.03 Å². The number of nitrogens with one attached hydrogen (secondary N) is 2. The number of piperidine rings is 1. The van der Waals surface area contributed by atoms with Crippen LogP contribution in [0.5, 0.6) is 0 Å². The van der Waals surface area contributed by atoms with Gasteiger partial charge < -0.3 is 15.5 Å². The molecule has 4 nitrogen and oxygen atoms in total. The third-order valence-corrected chi connectivity index (χ3v) is 3.95. The molecule has 1 aliphatic heterocycles. The van der Waals surface area contributed by atoms with Crippen molar-refractivity contribution in [3.05, 3.63) is 60.7 Å². The van der Waals surface area contributed by atoms with Crippen LogP contribution in [-0.2, 0) is 0 Å². The predicted molar refractivity (Wildman–Crippen MR) is 90.1 cm³/mol. The molecule has 0 unspecified atom stereocenters. The molecule has 0 atom stereocenters. The van der Waals surface area contributed by atoms with Gasteiger partial charge in [0.15, 0.2) is 0 Å². The summed E-state index contributed by atoms with van der Waals surface area (Å²) in [6.07, 6.45) is 1.94. The Bertz CT molecular complexity index is 592. The molecule has 0 saturated carbocycles. The fourth-order valence-corrected chi connectivity index (χ4v) is 2.72. The van der Waals surface area contributed by atoms with Gasteiger partial charge in [0.25, 0.3) is 0 Å². The number of likely N-dealkylation sites (tertiary alicyclic amines) is 1. The summed E-state index contributed by atoms with van der Waals surface area (Å²) in [5.74, 6) is 0. The third-order valence-electron chi connectivity index (χ3n) is 3.95. The van der Waals surface area contributed by atoms with Crippen LogP contribution < -0.4 is 10.6 Å². The lowest BCUT2D eigenvalue weighted by Gasteiger charge is -2.32. The van der Waals surface area contributed by atoms with Crippen LogP contribution in [0.3, 0.4) is 0 Å². The summed E-state index contributed by atoms with van der Waals surface area (Å²) in [4.78, 5) is 14.1. The summed E-state index contributed by atoms with van der Waals surface area (Å²) in [7, 11) is 0. The summed E-state index contributed by atoms with van der Waals surface area (Å²) >= 11 is 0. The first-order valence-electron chi connectivity index (χ1n) is 7.74. The van der Waals surface area contributed by atoms with Crippen molar-refractivity contribution in [1.82, 2.24) is 4.90 Å². The van der Waals surface area contributed by atoms with E-state index in [1.54, 1.807) is 0 Å². The average Bonchev–Trinajstić information content (AvgIpc) is 2.57. The molecule has 2 N–H and O–H groups in total. The molecule has 4 heteroatoms. The van der Waals surface area contributed by atoms with Gasteiger partial charge in [0.1, 0.15) is 0 Å². The van der Waals surface area contributed by atoms with Crippen LogP contribution in [0.4, 0.5) is 16.2 Å². The SMILES string of the molecule is O=C(Nc1ccccc1)N1CCC(Nc2ccccc2)CC1. The lowest BCUT2D eigenvalue weighted by Crippen LogP contribution is -2.44. The van der Waals surface area contributed by atoms with Gasteiger partial charge in [-0.3, -0.25) is 0 Å². The first-order chi connectivity index (χ1) is 10.8. The van der Waals surface area contributed by atoms with Crippen LogP contribution in [0.1, 0.15) is 12.8 Å². The summed E-state index contributed by atoms with van der Waals surface area (Å²) in [6.45, 7) is 1.56. The van der Waals surface area contributed by atoms with Gasteiger partial charge in [0.2, 0.25) is 0 Å². The number of hydrogen-bond acceptors (Lipinski definition) is 2. The molecule has 1 aliphatic rings. The molecular formula is C18H21N3O. The Balaban J connectivity index is 1.48. The lowest BCUT2D eigenvalue weighted by atomic mass is 10.0. The van der Waals surface area contributed by atoms with Crippen LogP contribution in [0.25, 0.3) is 0 Å². The van der Waals surface area contributed by atoms with Crippen molar-refractivity contribution in [1.29, 1.82) is 0 Å². The van der Waals surface area contributed by atoms with Crippen LogP contribution in [-0.4, -0.2) is 30.1 Å². The molecule has 0 aliphatic carbocycles.